The second-order valence-electron chi connectivity index (χ2n) is 4.61. The maximum atomic E-state index is 4.33. The summed E-state index contributed by atoms with van der Waals surface area (Å²) in [6.07, 6.45) is 1.96. The van der Waals surface area contributed by atoms with Gasteiger partial charge in [-0.1, -0.05) is 26.0 Å². The number of hydrogen-bond donors (Lipinski definition) is 1. The minimum Gasteiger partial charge on any atom is -0.379 e. The number of nitrogens with one attached hydrogen (secondary N) is 1. The van der Waals surface area contributed by atoms with Crippen molar-refractivity contribution in [2.75, 3.05) is 5.32 Å². The van der Waals surface area contributed by atoms with Gasteiger partial charge in [0.2, 0.25) is 0 Å². The first-order valence-corrected chi connectivity index (χ1v) is 5.97. The first-order chi connectivity index (χ1) is 8.15. The number of anilines is 1. The second-order valence-corrected chi connectivity index (χ2v) is 4.61. The summed E-state index contributed by atoms with van der Waals surface area (Å²) in [6, 6.07) is 10.6. The fourth-order valence-electron chi connectivity index (χ4n) is 1.74. The van der Waals surface area contributed by atoms with Crippen LogP contribution in [0.5, 0.6) is 0 Å². The van der Waals surface area contributed by atoms with Crippen LogP contribution in [-0.2, 0) is 13.6 Å². The SMILES string of the molecule is CC(C)c1ccc(NCc2ccn(C)n2)cc1. The van der Waals surface area contributed by atoms with Crippen molar-refractivity contribution >= 4 is 5.69 Å². The molecular weight excluding hydrogens is 210 g/mol. The molecule has 0 atom stereocenters. The Kier molecular flexibility index (Phi) is 3.47. The highest BCUT2D eigenvalue weighted by atomic mass is 15.3. The van der Waals surface area contributed by atoms with Crippen molar-refractivity contribution in [3.05, 3.63) is 47.8 Å². The van der Waals surface area contributed by atoms with E-state index in [9.17, 15) is 0 Å². The molecule has 0 aliphatic carbocycles. The summed E-state index contributed by atoms with van der Waals surface area (Å²) in [6.45, 7) is 5.18. The van der Waals surface area contributed by atoms with Crippen LogP contribution in [0.4, 0.5) is 5.69 Å². The van der Waals surface area contributed by atoms with Crippen molar-refractivity contribution in [3.8, 4) is 0 Å². The maximum absolute atomic E-state index is 4.33. The summed E-state index contributed by atoms with van der Waals surface area (Å²) in [7, 11) is 1.93. The maximum Gasteiger partial charge on any atom is 0.0815 e. The van der Waals surface area contributed by atoms with Gasteiger partial charge in [-0.15, -0.1) is 0 Å². The minimum absolute atomic E-state index is 0.583. The van der Waals surface area contributed by atoms with Crippen LogP contribution in [0.25, 0.3) is 0 Å². The van der Waals surface area contributed by atoms with Crippen molar-refractivity contribution in [2.45, 2.75) is 26.3 Å². The standard InChI is InChI=1S/C14H19N3/c1-11(2)12-4-6-13(7-5-12)15-10-14-8-9-17(3)16-14/h4-9,11,15H,10H2,1-3H3. The molecule has 3 heteroatoms. The quantitative estimate of drug-likeness (QED) is 0.872. The lowest BCUT2D eigenvalue weighted by Gasteiger charge is -2.08. The van der Waals surface area contributed by atoms with Crippen molar-refractivity contribution in [1.29, 1.82) is 0 Å². The van der Waals surface area contributed by atoms with Gasteiger partial charge in [0.25, 0.3) is 0 Å². The van der Waals surface area contributed by atoms with Gasteiger partial charge in [-0.25, -0.2) is 0 Å². The van der Waals surface area contributed by atoms with Crippen LogP contribution in [0, 0.1) is 0 Å². The molecule has 1 aromatic carbocycles. The Hall–Kier alpha value is -1.77. The summed E-state index contributed by atoms with van der Waals surface area (Å²) >= 11 is 0. The predicted molar refractivity (Wildman–Crippen MR) is 71.1 cm³/mol. The lowest BCUT2D eigenvalue weighted by Crippen LogP contribution is -2.01. The van der Waals surface area contributed by atoms with Gasteiger partial charge in [-0.3, -0.25) is 4.68 Å². The number of hydrogen-bond acceptors (Lipinski definition) is 2. The van der Waals surface area contributed by atoms with E-state index in [-0.39, 0.29) is 0 Å². The van der Waals surface area contributed by atoms with E-state index < -0.39 is 0 Å². The highest BCUT2D eigenvalue weighted by Crippen LogP contribution is 2.17. The highest BCUT2D eigenvalue weighted by Gasteiger charge is 2.00. The summed E-state index contributed by atoms with van der Waals surface area (Å²) in [4.78, 5) is 0. The lowest BCUT2D eigenvalue weighted by atomic mass is 10.0. The van der Waals surface area contributed by atoms with E-state index in [1.165, 1.54) is 5.56 Å². The molecule has 1 N–H and O–H groups in total. The largest absolute Gasteiger partial charge is 0.379 e. The van der Waals surface area contributed by atoms with Crippen molar-refractivity contribution in [3.63, 3.8) is 0 Å². The van der Waals surface area contributed by atoms with Crippen molar-refractivity contribution in [2.24, 2.45) is 7.05 Å². The Morgan fingerprint density at radius 2 is 1.88 bits per heavy atom. The van der Waals surface area contributed by atoms with Gasteiger partial charge >= 0.3 is 0 Å². The molecular formula is C14H19N3. The molecule has 0 aliphatic heterocycles. The molecule has 90 valence electrons. The Morgan fingerprint density at radius 3 is 2.41 bits per heavy atom. The topological polar surface area (TPSA) is 29.9 Å². The summed E-state index contributed by atoms with van der Waals surface area (Å²) < 4.78 is 1.82. The van der Waals surface area contributed by atoms with Gasteiger partial charge in [0.1, 0.15) is 0 Å². The third kappa shape index (κ3) is 3.09. The van der Waals surface area contributed by atoms with E-state index in [1.807, 2.05) is 24.0 Å². The average molecular weight is 229 g/mol. The minimum atomic E-state index is 0.583. The molecule has 1 heterocycles. The Labute approximate surface area is 102 Å². The third-order valence-corrected chi connectivity index (χ3v) is 2.82. The van der Waals surface area contributed by atoms with Crippen LogP contribution >= 0.6 is 0 Å². The molecule has 0 aliphatic rings. The summed E-state index contributed by atoms with van der Waals surface area (Å²) in [5.74, 6) is 0.583. The van der Waals surface area contributed by atoms with Crippen LogP contribution in [-0.4, -0.2) is 9.78 Å². The fraction of sp³-hybridized carbons (Fsp3) is 0.357. The number of nitrogens with zero attached hydrogens (tertiary/aromatic N) is 2. The molecule has 0 amide bonds. The molecule has 3 nitrogen and oxygen atoms in total. The molecule has 0 saturated carbocycles. The van der Waals surface area contributed by atoms with Gasteiger partial charge in [0.15, 0.2) is 0 Å². The van der Waals surface area contributed by atoms with Gasteiger partial charge in [-0.2, -0.15) is 5.10 Å². The normalized spacial score (nSPS) is 10.8. The summed E-state index contributed by atoms with van der Waals surface area (Å²) in [5, 5.41) is 7.69. The number of benzene rings is 1. The van der Waals surface area contributed by atoms with E-state index in [4.69, 9.17) is 0 Å². The third-order valence-electron chi connectivity index (χ3n) is 2.82. The number of aryl methyl sites for hydroxylation is 1. The van der Waals surface area contributed by atoms with E-state index in [0.29, 0.717) is 5.92 Å². The molecule has 0 radical (unpaired) electrons. The predicted octanol–water partition coefficient (Wildman–Crippen LogP) is 3.16. The van der Waals surface area contributed by atoms with E-state index in [1.54, 1.807) is 0 Å². The smallest absolute Gasteiger partial charge is 0.0815 e. The first-order valence-electron chi connectivity index (χ1n) is 5.97. The molecule has 0 bridgehead atoms. The van der Waals surface area contributed by atoms with Gasteiger partial charge < -0.3 is 5.32 Å². The van der Waals surface area contributed by atoms with Crippen LogP contribution < -0.4 is 5.32 Å². The van der Waals surface area contributed by atoms with E-state index >= 15 is 0 Å². The molecule has 0 saturated heterocycles. The summed E-state index contributed by atoms with van der Waals surface area (Å²) in [5.41, 5.74) is 3.56. The molecule has 0 unspecified atom stereocenters. The van der Waals surface area contributed by atoms with Crippen LogP contribution in [0.3, 0.4) is 0 Å². The highest BCUT2D eigenvalue weighted by molar-refractivity contribution is 5.45. The van der Waals surface area contributed by atoms with Crippen LogP contribution in [0.1, 0.15) is 31.0 Å². The molecule has 2 rings (SSSR count). The average Bonchev–Trinajstić information content (AvgIpc) is 2.73. The molecule has 0 spiro atoms. The molecule has 17 heavy (non-hydrogen) atoms. The van der Waals surface area contributed by atoms with E-state index in [2.05, 4.69) is 48.5 Å². The zero-order valence-corrected chi connectivity index (χ0v) is 10.6. The monoisotopic (exact) mass is 229 g/mol. The van der Waals surface area contributed by atoms with Crippen molar-refractivity contribution in [1.82, 2.24) is 9.78 Å². The zero-order valence-electron chi connectivity index (χ0n) is 10.6. The number of aromatic nitrogens is 2. The Balaban J connectivity index is 1.95. The second kappa shape index (κ2) is 5.04. The van der Waals surface area contributed by atoms with Crippen LogP contribution in [0.15, 0.2) is 36.5 Å². The molecule has 2 aromatic rings. The van der Waals surface area contributed by atoms with E-state index in [0.717, 1.165) is 17.9 Å². The lowest BCUT2D eigenvalue weighted by molar-refractivity contribution is 0.747. The van der Waals surface area contributed by atoms with Crippen LogP contribution in [0.2, 0.25) is 0 Å². The zero-order chi connectivity index (χ0) is 12.3. The molecule has 1 aromatic heterocycles. The van der Waals surface area contributed by atoms with Gasteiger partial charge in [0.05, 0.1) is 12.2 Å². The fourth-order valence-corrected chi connectivity index (χ4v) is 1.74. The Bertz CT molecular complexity index is 468. The molecule has 0 fully saturated rings. The Morgan fingerprint density at radius 1 is 1.18 bits per heavy atom. The number of rotatable bonds is 4. The van der Waals surface area contributed by atoms with Crippen molar-refractivity contribution < 1.29 is 0 Å². The van der Waals surface area contributed by atoms with Gasteiger partial charge in [0, 0.05) is 18.9 Å². The first kappa shape index (κ1) is 11.7. The van der Waals surface area contributed by atoms with Gasteiger partial charge in [-0.05, 0) is 29.7 Å².